The van der Waals surface area contributed by atoms with Crippen LogP contribution in [0.25, 0.3) is 0 Å². The normalized spacial score (nSPS) is 19.7. The Morgan fingerprint density at radius 3 is 2.86 bits per heavy atom. The van der Waals surface area contributed by atoms with E-state index in [1.807, 2.05) is 38.3 Å². The molecule has 1 amide bonds. The third-order valence-electron chi connectivity index (χ3n) is 3.39. The van der Waals surface area contributed by atoms with Crippen molar-refractivity contribution < 1.29 is 14.3 Å². The average molecular weight is 324 g/mol. The molecule has 0 aliphatic carbocycles. The lowest BCUT2D eigenvalue weighted by Gasteiger charge is -2.33. The van der Waals surface area contributed by atoms with Gasteiger partial charge in [0.1, 0.15) is 5.60 Å². The van der Waals surface area contributed by atoms with Crippen molar-refractivity contribution in [1.29, 1.82) is 0 Å². The van der Waals surface area contributed by atoms with E-state index in [1.165, 1.54) is 11.3 Å². The Labute approximate surface area is 135 Å². The largest absolute Gasteiger partial charge is 0.444 e. The molecule has 1 saturated heterocycles. The summed E-state index contributed by atoms with van der Waals surface area (Å²) in [5.41, 5.74) is -0.492. The van der Waals surface area contributed by atoms with Gasteiger partial charge in [-0.3, -0.25) is 9.69 Å². The monoisotopic (exact) mass is 324 g/mol. The van der Waals surface area contributed by atoms with Gasteiger partial charge in [-0.2, -0.15) is 0 Å². The molecule has 22 heavy (non-hydrogen) atoms. The highest BCUT2D eigenvalue weighted by Crippen LogP contribution is 2.15. The van der Waals surface area contributed by atoms with Crippen molar-refractivity contribution in [3.8, 4) is 0 Å². The molecule has 1 aromatic heterocycles. The quantitative estimate of drug-likeness (QED) is 0.865. The maximum absolute atomic E-state index is 12.1. The van der Waals surface area contributed by atoms with E-state index in [0.29, 0.717) is 13.1 Å². The van der Waals surface area contributed by atoms with Crippen molar-refractivity contribution in [2.24, 2.45) is 0 Å². The van der Waals surface area contributed by atoms with E-state index in [-0.39, 0.29) is 17.9 Å². The number of likely N-dealkylation sites (tertiary alicyclic amines) is 1. The highest BCUT2D eigenvalue weighted by molar-refractivity contribution is 7.12. The molecule has 5 nitrogen and oxygen atoms in total. The van der Waals surface area contributed by atoms with E-state index in [9.17, 15) is 9.59 Å². The van der Waals surface area contributed by atoms with E-state index in [4.69, 9.17) is 4.74 Å². The lowest BCUT2D eigenvalue weighted by atomic mass is 10.1. The Morgan fingerprint density at radius 1 is 1.45 bits per heavy atom. The van der Waals surface area contributed by atoms with Crippen molar-refractivity contribution in [3.05, 3.63) is 22.4 Å². The molecular weight excluding hydrogens is 300 g/mol. The first-order valence-corrected chi connectivity index (χ1v) is 8.50. The van der Waals surface area contributed by atoms with Gasteiger partial charge in [0.15, 0.2) is 5.78 Å². The first-order chi connectivity index (χ1) is 10.3. The number of ketones is 1. The molecule has 1 aliphatic rings. The predicted molar refractivity (Wildman–Crippen MR) is 87.5 cm³/mol. The van der Waals surface area contributed by atoms with Gasteiger partial charge in [0.2, 0.25) is 0 Å². The highest BCUT2D eigenvalue weighted by Gasteiger charge is 2.25. The van der Waals surface area contributed by atoms with Gasteiger partial charge < -0.3 is 10.1 Å². The summed E-state index contributed by atoms with van der Waals surface area (Å²) in [6.07, 6.45) is 1.50. The zero-order valence-corrected chi connectivity index (χ0v) is 14.2. The number of nitrogens with one attached hydrogen (secondary N) is 1. The number of rotatable bonds is 4. The fourth-order valence-corrected chi connectivity index (χ4v) is 3.17. The zero-order valence-electron chi connectivity index (χ0n) is 13.4. The minimum Gasteiger partial charge on any atom is -0.444 e. The lowest BCUT2D eigenvalue weighted by molar-refractivity contribution is 0.0473. The average Bonchev–Trinajstić information content (AvgIpc) is 2.90. The molecule has 1 fully saturated rings. The van der Waals surface area contributed by atoms with Crippen molar-refractivity contribution >= 4 is 23.2 Å². The summed E-state index contributed by atoms with van der Waals surface area (Å²) in [5, 5.41) is 4.81. The van der Waals surface area contributed by atoms with Crippen LogP contribution in [0.3, 0.4) is 0 Å². The number of piperidine rings is 1. The third kappa shape index (κ3) is 5.42. The fraction of sp³-hybridized carbons (Fsp3) is 0.625. The van der Waals surface area contributed by atoms with Crippen LogP contribution in [0, 0.1) is 0 Å². The summed E-state index contributed by atoms with van der Waals surface area (Å²) in [5.74, 6) is 0.146. The topological polar surface area (TPSA) is 58.6 Å². The van der Waals surface area contributed by atoms with Gasteiger partial charge in [-0.25, -0.2) is 4.79 Å². The van der Waals surface area contributed by atoms with E-state index in [2.05, 4.69) is 10.2 Å². The summed E-state index contributed by atoms with van der Waals surface area (Å²) in [6, 6.07) is 3.79. The molecule has 0 aromatic carbocycles. The third-order valence-corrected chi connectivity index (χ3v) is 4.30. The molecule has 0 unspecified atom stereocenters. The Morgan fingerprint density at radius 2 is 2.23 bits per heavy atom. The van der Waals surface area contributed by atoms with E-state index in [0.717, 1.165) is 24.3 Å². The molecule has 0 saturated carbocycles. The van der Waals surface area contributed by atoms with Crippen LogP contribution in [-0.2, 0) is 4.74 Å². The van der Waals surface area contributed by atoms with Gasteiger partial charge in [0.05, 0.1) is 11.4 Å². The first kappa shape index (κ1) is 17.0. The number of alkyl carbamates (subject to hydrolysis) is 1. The van der Waals surface area contributed by atoms with Crippen LogP contribution in [0.15, 0.2) is 17.5 Å². The summed E-state index contributed by atoms with van der Waals surface area (Å²) in [4.78, 5) is 26.9. The molecule has 1 N–H and O–H groups in total. The molecule has 1 aliphatic heterocycles. The number of thiophene rings is 1. The maximum Gasteiger partial charge on any atom is 0.407 e. The van der Waals surface area contributed by atoms with Crippen LogP contribution in [0.1, 0.15) is 43.3 Å². The Hall–Kier alpha value is -1.40. The van der Waals surface area contributed by atoms with Crippen molar-refractivity contribution in [3.63, 3.8) is 0 Å². The van der Waals surface area contributed by atoms with E-state index < -0.39 is 5.60 Å². The van der Waals surface area contributed by atoms with Gasteiger partial charge >= 0.3 is 6.09 Å². The van der Waals surface area contributed by atoms with Gasteiger partial charge in [-0.15, -0.1) is 11.3 Å². The van der Waals surface area contributed by atoms with Crippen molar-refractivity contribution in [2.45, 2.75) is 45.3 Å². The number of carbonyl (C=O) groups is 2. The number of hydrogen-bond donors (Lipinski definition) is 1. The Balaban J connectivity index is 1.81. The van der Waals surface area contributed by atoms with Crippen molar-refractivity contribution in [1.82, 2.24) is 10.2 Å². The van der Waals surface area contributed by atoms with Crippen LogP contribution in [0.2, 0.25) is 0 Å². The number of ether oxygens (including phenoxy) is 1. The van der Waals surface area contributed by atoms with Crippen LogP contribution in [0.5, 0.6) is 0 Å². The smallest absolute Gasteiger partial charge is 0.407 e. The molecule has 0 radical (unpaired) electrons. The van der Waals surface area contributed by atoms with Crippen LogP contribution in [-0.4, -0.2) is 48.1 Å². The minimum atomic E-state index is -0.492. The molecule has 1 atom stereocenters. The Kier molecular flexibility index (Phi) is 5.58. The number of nitrogens with zero attached hydrogens (tertiary/aromatic N) is 1. The second kappa shape index (κ2) is 7.24. The standard InChI is InChI=1S/C16H24N2O3S/c1-16(2,3)21-15(20)17-12-6-4-8-18(10-12)11-13(19)14-7-5-9-22-14/h5,7,9,12H,4,6,8,10-11H2,1-3H3,(H,17,20)/t12-/m1/s1. The highest BCUT2D eigenvalue weighted by atomic mass is 32.1. The first-order valence-electron chi connectivity index (χ1n) is 7.62. The summed E-state index contributed by atoms with van der Waals surface area (Å²) in [7, 11) is 0. The van der Waals surface area contributed by atoms with Gasteiger partial charge in [0, 0.05) is 12.6 Å². The minimum absolute atomic E-state index is 0.0414. The molecule has 0 spiro atoms. The zero-order chi connectivity index (χ0) is 16.2. The van der Waals surface area contributed by atoms with Gasteiger partial charge in [0.25, 0.3) is 0 Å². The van der Waals surface area contributed by atoms with E-state index in [1.54, 1.807) is 0 Å². The summed E-state index contributed by atoms with van der Waals surface area (Å²) >= 11 is 1.47. The summed E-state index contributed by atoms with van der Waals surface area (Å²) in [6.45, 7) is 7.53. The molecule has 0 bridgehead atoms. The molecule has 122 valence electrons. The predicted octanol–water partition coefficient (Wildman–Crippen LogP) is 2.92. The molecule has 1 aromatic rings. The van der Waals surface area contributed by atoms with Crippen LogP contribution < -0.4 is 5.32 Å². The number of hydrogen-bond acceptors (Lipinski definition) is 5. The SMILES string of the molecule is CC(C)(C)OC(=O)N[C@@H]1CCCN(CC(=O)c2cccs2)C1. The second-order valence-corrected chi connectivity index (χ2v) is 7.57. The van der Waals surface area contributed by atoms with Crippen molar-refractivity contribution in [2.75, 3.05) is 19.6 Å². The van der Waals surface area contributed by atoms with Crippen LogP contribution in [0.4, 0.5) is 4.79 Å². The number of carbonyl (C=O) groups excluding carboxylic acids is 2. The molecule has 2 rings (SSSR count). The van der Waals surface area contributed by atoms with Gasteiger partial charge in [-0.05, 0) is 51.6 Å². The van der Waals surface area contributed by atoms with E-state index >= 15 is 0 Å². The van der Waals surface area contributed by atoms with Gasteiger partial charge in [-0.1, -0.05) is 6.07 Å². The summed E-state index contributed by atoms with van der Waals surface area (Å²) < 4.78 is 5.28. The maximum atomic E-state index is 12.1. The fourth-order valence-electron chi connectivity index (χ4n) is 2.51. The molecule has 6 heteroatoms. The molecular formula is C16H24N2O3S. The Bertz CT molecular complexity index is 508. The number of Topliss-reactive ketones (excluding diaryl/α,β-unsaturated/α-hetero) is 1. The number of amides is 1. The lowest BCUT2D eigenvalue weighted by Crippen LogP contribution is -2.49. The second-order valence-electron chi connectivity index (χ2n) is 6.62. The molecule has 2 heterocycles. The van der Waals surface area contributed by atoms with Crippen LogP contribution >= 0.6 is 11.3 Å².